The number of carbonyl (C=O) groups excluding carboxylic acids is 1. The molecule has 0 N–H and O–H groups in total. The highest BCUT2D eigenvalue weighted by Gasteiger charge is 2.31. The molecular weight excluding hydrogens is 436 g/mol. The standard InChI is InChI=1S/C30H34N2O3/c1-34-29-18-24(13-14-28(29)35-22-23-8-3-2-4-9-23)19-31-16-7-12-27(20-31)30(33)32-17-15-25-10-5-6-11-26(25)21-32/h2-6,8-11,13-14,18,27H,7,12,15-17,19-22H2,1H3. The van der Waals surface area contributed by atoms with Crippen LogP contribution < -0.4 is 9.47 Å². The van der Waals surface area contributed by atoms with Gasteiger partial charge in [0.15, 0.2) is 11.5 Å². The average Bonchev–Trinajstić information content (AvgIpc) is 2.92. The van der Waals surface area contributed by atoms with E-state index in [2.05, 4.69) is 58.3 Å². The molecule has 182 valence electrons. The van der Waals surface area contributed by atoms with Crippen LogP contribution in [0.5, 0.6) is 11.5 Å². The van der Waals surface area contributed by atoms with Crippen LogP contribution in [0.4, 0.5) is 0 Å². The Morgan fingerprint density at radius 1 is 0.914 bits per heavy atom. The van der Waals surface area contributed by atoms with Crippen molar-refractivity contribution in [1.82, 2.24) is 9.80 Å². The van der Waals surface area contributed by atoms with Gasteiger partial charge in [-0.15, -0.1) is 0 Å². The predicted molar refractivity (Wildman–Crippen MR) is 137 cm³/mol. The lowest BCUT2D eigenvalue weighted by Crippen LogP contribution is -2.46. The van der Waals surface area contributed by atoms with Crippen LogP contribution in [0.2, 0.25) is 0 Å². The van der Waals surface area contributed by atoms with Crippen molar-refractivity contribution in [2.45, 2.75) is 39.0 Å². The molecule has 5 nitrogen and oxygen atoms in total. The number of hydrogen-bond acceptors (Lipinski definition) is 4. The van der Waals surface area contributed by atoms with Crippen LogP contribution >= 0.6 is 0 Å². The summed E-state index contributed by atoms with van der Waals surface area (Å²) in [4.78, 5) is 17.8. The maximum Gasteiger partial charge on any atom is 0.227 e. The maximum absolute atomic E-state index is 13.4. The number of rotatable bonds is 7. The summed E-state index contributed by atoms with van der Waals surface area (Å²) >= 11 is 0. The van der Waals surface area contributed by atoms with Crippen LogP contribution in [0.3, 0.4) is 0 Å². The van der Waals surface area contributed by atoms with Crippen LogP contribution in [-0.4, -0.2) is 42.5 Å². The lowest BCUT2D eigenvalue weighted by Gasteiger charge is -2.36. The molecular formula is C30H34N2O3. The van der Waals surface area contributed by atoms with Gasteiger partial charge in [0.1, 0.15) is 6.61 Å². The SMILES string of the molecule is COc1cc(CN2CCCC(C(=O)N3CCc4ccccc4C3)C2)ccc1OCc1ccccc1. The van der Waals surface area contributed by atoms with Crippen molar-refractivity contribution in [2.24, 2.45) is 5.92 Å². The fourth-order valence-corrected chi connectivity index (χ4v) is 5.27. The largest absolute Gasteiger partial charge is 0.493 e. The Kier molecular flexibility index (Phi) is 7.34. The normalized spacial score (nSPS) is 18.1. The van der Waals surface area contributed by atoms with Gasteiger partial charge >= 0.3 is 0 Å². The van der Waals surface area contributed by atoms with E-state index in [1.807, 2.05) is 24.3 Å². The Balaban J connectivity index is 1.19. The quantitative estimate of drug-likeness (QED) is 0.483. The van der Waals surface area contributed by atoms with Gasteiger partial charge in [0, 0.05) is 26.2 Å². The molecule has 2 heterocycles. The van der Waals surface area contributed by atoms with Crippen molar-refractivity contribution in [3.8, 4) is 11.5 Å². The molecule has 5 heteroatoms. The number of carbonyl (C=O) groups is 1. The summed E-state index contributed by atoms with van der Waals surface area (Å²) in [6.45, 7) is 4.71. The Labute approximate surface area is 208 Å². The van der Waals surface area contributed by atoms with Crippen LogP contribution in [0.25, 0.3) is 0 Å². The second-order valence-corrected chi connectivity index (χ2v) is 9.61. The van der Waals surface area contributed by atoms with Crippen molar-refractivity contribution in [2.75, 3.05) is 26.7 Å². The van der Waals surface area contributed by atoms with Gasteiger partial charge in [-0.1, -0.05) is 60.7 Å². The summed E-state index contributed by atoms with van der Waals surface area (Å²) in [5.41, 5.74) is 4.97. The van der Waals surface area contributed by atoms with E-state index in [4.69, 9.17) is 9.47 Å². The van der Waals surface area contributed by atoms with Gasteiger partial charge in [0.05, 0.1) is 13.0 Å². The first kappa shape index (κ1) is 23.4. The molecule has 35 heavy (non-hydrogen) atoms. The highest BCUT2D eigenvalue weighted by Crippen LogP contribution is 2.30. The van der Waals surface area contributed by atoms with Gasteiger partial charge in [-0.05, 0) is 60.2 Å². The summed E-state index contributed by atoms with van der Waals surface area (Å²) in [6.07, 6.45) is 2.98. The van der Waals surface area contributed by atoms with E-state index in [1.54, 1.807) is 7.11 Å². The van der Waals surface area contributed by atoms with Crippen LogP contribution in [0, 0.1) is 5.92 Å². The number of ether oxygens (including phenoxy) is 2. The zero-order valence-corrected chi connectivity index (χ0v) is 20.5. The van der Waals surface area contributed by atoms with E-state index in [-0.39, 0.29) is 5.92 Å². The molecule has 0 spiro atoms. The molecule has 3 aromatic carbocycles. The highest BCUT2D eigenvalue weighted by atomic mass is 16.5. The van der Waals surface area contributed by atoms with E-state index in [9.17, 15) is 4.79 Å². The topological polar surface area (TPSA) is 42.0 Å². The van der Waals surface area contributed by atoms with Crippen molar-refractivity contribution < 1.29 is 14.3 Å². The van der Waals surface area contributed by atoms with E-state index < -0.39 is 0 Å². The molecule has 1 saturated heterocycles. The lowest BCUT2D eigenvalue weighted by molar-refractivity contribution is -0.138. The Morgan fingerprint density at radius 3 is 2.54 bits per heavy atom. The molecule has 0 saturated carbocycles. The number of amides is 1. The number of methoxy groups -OCH3 is 1. The fraction of sp³-hybridized carbons (Fsp3) is 0.367. The van der Waals surface area contributed by atoms with Crippen molar-refractivity contribution in [1.29, 1.82) is 0 Å². The summed E-state index contributed by atoms with van der Waals surface area (Å²) in [5.74, 6) is 1.88. The van der Waals surface area contributed by atoms with Crippen LogP contribution in [0.15, 0.2) is 72.8 Å². The monoisotopic (exact) mass is 470 g/mol. The molecule has 0 aromatic heterocycles. The van der Waals surface area contributed by atoms with Crippen molar-refractivity contribution in [3.05, 3.63) is 95.1 Å². The second kappa shape index (κ2) is 11.0. The van der Waals surface area contributed by atoms with Gasteiger partial charge in [-0.2, -0.15) is 0 Å². The Bertz CT molecular complexity index is 1150. The molecule has 0 bridgehead atoms. The molecule has 2 aliphatic heterocycles. The van der Waals surface area contributed by atoms with Gasteiger partial charge in [0.25, 0.3) is 0 Å². The first-order valence-electron chi connectivity index (χ1n) is 12.6. The van der Waals surface area contributed by atoms with E-state index in [0.29, 0.717) is 12.5 Å². The minimum atomic E-state index is 0.0735. The third-order valence-electron chi connectivity index (χ3n) is 7.17. The molecule has 5 rings (SSSR count). The molecule has 0 radical (unpaired) electrons. The number of piperidine rings is 1. The number of hydrogen-bond donors (Lipinski definition) is 0. The zero-order chi connectivity index (χ0) is 24.0. The third kappa shape index (κ3) is 5.68. The van der Waals surface area contributed by atoms with Crippen molar-refractivity contribution >= 4 is 5.91 Å². The summed E-state index contributed by atoms with van der Waals surface area (Å²) < 4.78 is 11.6. The second-order valence-electron chi connectivity index (χ2n) is 9.61. The van der Waals surface area contributed by atoms with E-state index in [1.165, 1.54) is 16.7 Å². The van der Waals surface area contributed by atoms with Gasteiger partial charge in [0.2, 0.25) is 5.91 Å². The highest BCUT2D eigenvalue weighted by molar-refractivity contribution is 5.79. The van der Waals surface area contributed by atoms with Gasteiger partial charge < -0.3 is 14.4 Å². The molecule has 1 unspecified atom stereocenters. The van der Waals surface area contributed by atoms with E-state index in [0.717, 1.165) is 69.0 Å². The van der Waals surface area contributed by atoms with Gasteiger partial charge in [-0.3, -0.25) is 9.69 Å². The summed E-state index contributed by atoms with van der Waals surface area (Å²) in [6, 6.07) is 24.8. The maximum atomic E-state index is 13.4. The minimum Gasteiger partial charge on any atom is -0.493 e. The Morgan fingerprint density at radius 2 is 1.71 bits per heavy atom. The first-order chi connectivity index (χ1) is 17.2. The van der Waals surface area contributed by atoms with Crippen molar-refractivity contribution in [3.63, 3.8) is 0 Å². The smallest absolute Gasteiger partial charge is 0.227 e. The molecule has 1 atom stereocenters. The van der Waals surface area contributed by atoms with E-state index >= 15 is 0 Å². The predicted octanol–water partition coefficient (Wildman–Crippen LogP) is 5.07. The Hall–Kier alpha value is -3.31. The molecule has 3 aromatic rings. The average molecular weight is 471 g/mol. The summed E-state index contributed by atoms with van der Waals surface area (Å²) in [5, 5.41) is 0. The van der Waals surface area contributed by atoms with Crippen LogP contribution in [-0.2, 0) is 30.9 Å². The zero-order valence-electron chi connectivity index (χ0n) is 20.5. The number of benzene rings is 3. The number of likely N-dealkylation sites (tertiary alicyclic amines) is 1. The molecule has 2 aliphatic rings. The van der Waals surface area contributed by atoms with Crippen LogP contribution in [0.1, 0.15) is 35.1 Å². The molecule has 1 fully saturated rings. The van der Waals surface area contributed by atoms with Gasteiger partial charge in [-0.25, -0.2) is 0 Å². The molecule has 1 amide bonds. The molecule has 0 aliphatic carbocycles. The minimum absolute atomic E-state index is 0.0735. The summed E-state index contributed by atoms with van der Waals surface area (Å²) in [7, 11) is 1.68. The lowest BCUT2D eigenvalue weighted by atomic mass is 9.93. The number of nitrogens with zero attached hydrogens (tertiary/aromatic N) is 2. The fourth-order valence-electron chi connectivity index (χ4n) is 5.27. The third-order valence-corrected chi connectivity index (χ3v) is 7.17. The number of fused-ring (bicyclic) bond motifs is 1. The first-order valence-corrected chi connectivity index (χ1v) is 12.6.